The third-order valence-corrected chi connectivity index (χ3v) is 4.65. The molecule has 5 nitrogen and oxygen atoms in total. The molecule has 0 saturated carbocycles. The lowest BCUT2D eigenvalue weighted by Crippen LogP contribution is -1.94. The first kappa shape index (κ1) is 13.2. The standard InChI is InChI=1S/C16H14N4OS/c1-3-14-17-18-16-20(14)19-15(22-16)12-7-4-6-11(10(12)2)13-8-5-9-21-13/h4-9H,3H2,1-2H3. The second kappa shape index (κ2) is 5.06. The lowest BCUT2D eigenvalue weighted by Gasteiger charge is -2.07. The predicted molar refractivity (Wildman–Crippen MR) is 85.9 cm³/mol. The van der Waals surface area contributed by atoms with Crippen molar-refractivity contribution in [2.75, 3.05) is 0 Å². The van der Waals surface area contributed by atoms with Crippen molar-refractivity contribution in [1.82, 2.24) is 19.8 Å². The highest BCUT2D eigenvalue weighted by Crippen LogP contribution is 2.34. The van der Waals surface area contributed by atoms with E-state index in [0.29, 0.717) is 0 Å². The highest BCUT2D eigenvalue weighted by molar-refractivity contribution is 7.19. The van der Waals surface area contributed by atoms with Crippen LogP contribution in [0.15, 0.2) is 41.0 Å². The molecule has 0 unspecified atom stereocenters. The van der Waals surface area contributed by atoms with E-state index < -0.39 is 0 Å². The van der Waals surface area contributed by atoms with Crippen molar-refractivity contribution in [2.24, 2.45) is 0 Å². The van der Waals surface area contributed by atoms with E-state index in [-0.39, 0.29) is 0 Å². The molecule has 0 amide bonds. The number of aryl methyl sites for hydroxylation is 1. The summed E-state index contributed by atoms with van der Waals surface area (Å²) in [5.74, 6) is 1.76. The summed E-state index contributed by atoms with van der Waals surface area (Å²) in [5, 5.41) is 13.9. The molecule has 3 aromatic heterocycles. The van der Waals surface area contributed by atoms with E-state index in [2.05, 4.69) is 41.3 Å². The molecule has 0 spiro atoms. The molecule has 0 radical (unpaired) electrons. The van der Waals surface area contributed by atoms with E-state index >= 15 is 0 Å². The van der Waals surface area contributed by atoms with Crippen molar-refractivity contribution in [3.8, 4) is 21.9 Å². The molecule has 0 aliphatic heterocycles. The van der Waals surface area contributed by atoms with E-state index in [1.165, 1.54) is 0 Å². The normalized spacial score (nSPS) is 11.4. The molecule has 3 heterocycles. The van der Waals surface area contributed by atoms with Crippen LogP contribution < -0.4 is 0 Å². The first-order chi connectivity index (χ1) is 10.8. The van der Waals surface area contributed by atoms with Gasteiger partial charge < -0.3 is 4.42 Å². The van der Waals surface area contributed by atoms with Crippen LogP contribution >= 0.6 is 11.3 Å². The molecule has 4 aromatic rings. The van der Waals surface area contributed by atoms with Gasteiger partial charge in [0.2, 0.25) is 4.96 Å². The van der Waals surface area contributed by atoms with Gasteiger partial charge in [0.25, 0.3) is 0 Å². The van der Waals surface area contributed by atoms with Gasteiger partial charge in [0, 0.05) is 17.5 Å². The molecule has 110 valence electrons. The number of hydrogen-bond donors (Lipinski definition) is 0. The van der Waals surface area contributed by atoms with E-state index in [0.717, 1.165) is 44.7 Å². The molecule has 0 aliphatic carbocycles. The molecule has 0 saturated heterocycles. The minimum Gasteiger partial charge on any atom is -0.464 e. The SMILES string of the molecule is CCc1nnc2sc(-c3cccc(-c4ccco4)c3C)nn12. The number of furan rings is 1. The third-order valence-electron chi connectivity index (χ3n) is 3.72. The summed E-state index contributed by atoms with van der Waals surface area (Å²) < 4.78 is 7.36. The average molecular weight is 310 g/mol. The minimum absolute atomic E-state index is 0.815. The topological polar surface area (TPSA) is 56.2 Å². The molecule has 0 atom stereocenters. The summed E-state index contributed by atoms with van der Waals surface area (Å²) >= 11 is 1.55. The predicted octanol–water partition coefficient (Wildman–Crippen LogP) is 3.98. The van der Waals surface area contributed by atoms with E-state index in [1.54, 1.807) is 17.6 Å². The van der Waals surface area contributed by atoms with Gasteiger partial charge >= 0.3 is 0 Å². The number of fused-ring (bicyclic) bond motifs is 1. The van der Waals surface area contributed by atoms with Crippen molar-refractivity contribution >= 4 is 16.3 Å². The van der Waals surface area contributed by atoms with Crippen LogP contribution in [0.5, 0.6) is 0 Å². The van der Waals surface area contributed by atoms with Crippen molar-refractivity contribution in [3.05, 3.63) is 48.0 Å². The Morgan fingerprint density at radius 3 is 2.77 bits per heavy atom. The molecule has 0 fully saturated rings. The fraction of sp³-hybridized carbons (Fsp3) is 0.188. The fourth-order valence-corrected chi connectivity index (χ4v) is 3.49. The maximum absolute atomic E-state index is 5.53. The van der Waals surface area contributed by atoms with Crippen molar-refractivity contribution < 1.29 is 4.42 Å². The van der Waals surface area contributed by atoms with E-state index in [9.17, 15) is 0 Å². The summed E-state index contributed by atoms with van der Waals surface area (Å²) in [6, 6.07) is 10.1. The number of benzene rings is 1. The molecule has 0 N–H and O–H groups in total. The van der Waals surface area contributed by atoms with Crippen molar-refractivity contribution in [2.45, 2.75) is 20.3 Å². The van der Waals surface area contributed by atoms with Crippen LogP contribution in [0, 0.1) is 6.92 Å². The molecule has 1 aromatic carbocycles. The van der Waals surface area contributed by atoms with Crippen molar-refractivity contribution in [3.63, 3.8) is 0 Å². The van der Waals surface area contributed by atoms with E-state index in [1.807, 2.05) is 22.7 Å². The largest absolute Gasteiger partial charge is 0.464 e. The summed E-state index contributed by atoms with van der Waals surface area (Å²) in [6.07, 6.45) is 2.51. The zero-order valence-corrected chi connectivity index (χ0v) is 13.1. The first-order valence-corrected chi connectivity index (χ1v) is 7.94. The maximum atomic E-state index is 5.53. The minimum atomic E-state index is 0.815. The van der Waals surface area contributed by atoms with Crippen LogP contribution in [0.1, 0.15) is 18.3 Å². The highest BCUT2D eigenvalue weighted by atomic mass is 32.1. The monoisotopic (exact) mass is 310 g/mol. The zero-order chi connectivity index (χ0) is 15.1. The lowest BCUT2D eigenvalue weighted by atomic mass is 10.0. The second-order valence-electron chi connectivity index (χ2n) is 5.03. The van der Waals surface area contributed by atoms with Gasteiger partial charge in [-0.25, -0.2) is 0 Å². The molecular weight excluding hydrogens is 296 g/mol. The second-order valence-corrected chi connectivity index (χ2v) is 5.98. The van der Waals surface area contributed by atoms with Crippen LogP contribution in [-0.4, -0.2) is 19.8 Å². The summed E-state index contributed by atoms with van der Waals surface area (Å²) in [6.45, 7) is 4.15. The Morgan fingerprint density at radius 1 is 1.14 bits per heavy atom. The summed E-state index contributed by atoms with van der Waals surface area (Å²) in [4.78, 5) is 0.828. The Hall–Kier alpha value is -2.47. The molecule has 6 heteroatoms. The van der Waals surface area contributed by atoms with Crippen LogP contribution in [0.4, 0.5) is 0 Å². The van der Waals surface area contributed by atoms with Gasteiger partial charge in [-0.1, -0.05) is 36.5 Å². The number of aromatic nitrogens is 4. The van der Waals surface area contributed by atoms with Gasteiger partial charge in [0.05, 0.1) is 6.26 Å². The zero-order valence-electron chi connectivity index (χ0n) is 12.3. The number of rotatable bonds is 3. The smallest absolute Gasteiger partial charge is 0.234 e. The fourth-order valence-electron chi connectivity index (χ4n) is 2.55. The number of nitrogens with zero attached hydrogens (tertiary/aromatic N) is 4. The van der Waals surface area contributed by atoms with Gasteiger partial charge in [-0.05, 0) is 24.6 Å². The maximum Gasteiger partial charge on any atom is 0.234 e. The van der Waals surface area contributed by atoms with Gasteiger partial charge in [-0.3, -0.25) is 0 Å². The van der Waals surface area contributed by atoms with Gasteiger partial charge in [-0.2, -0.15) is 9.61 Å². The van der Waals surface area contributed by atoms with Gasteiger partial charge in [0.15, 0.2) is 5.82 Å². The first-order valence-electron chi connectivity index (χ1n) is 7.13. The Labute approximate surface area is 131 Å². The van der Waals surface area contributed by atoms with Crippen LogP contribution in [0.25, 0.3) is 26.9 Å². The Balaban J connectivity index is 1.87. The third kappa shape index (κ3) is 1.95. The van der Waals surface area contributed by atoms with Gasteiger partial charge in [-0.15, -0.1) is 10.2 Å². The quantitative estimate of drug-likeness (QED) is 0.574. The molecule has 0 aliphatic rings. The van der Waals surface area contributed by atoms with Gasteiger partial charge in [0.1, 0.15) is 10.8 Å². The Kier molecular flexibility index (Phi) is 3.04. The molecule has 4 rings (SSSR count). The van der Waals surface area contributed by atoms with Crippen LogP contribution in [0.2, 0.25) is 0 Å². The summed E-state index contributed by atoms with van der Waals surface area (Å²) in [7, 11) is 0. The summed E-state index contributed by atoms with van der Waals surface area (Å²) in [5.41, 5.74) is 3.34. The molecular formula is C16H14N4OS. The average Bonchev–Trinajstić information content (AvgIpc) is 3.24. The van der Waals surface area contributed by atoms with Crippen molar-refractivity contribution in [1.29, 1.82) is 0 Å². The molecule has 0 bridgehead atoms. The van der Waals surface area contributed by atoms with Crippen LogP contribution in [-0.2, 0) is 6.42 Å². The Morgan fingerprint density at radius 2 is 2.00 bits per heavy atom. The highest BCUT2D eigenvalue weighted by Gasteiger charge is 2.15. The molecule has 22 heavy (non-hydrogen) atoms. The Bertz CT molecular complexity index is 937. The lowest BCUT2D eigenvalue weighted by molar-refractivity contribution is 0.582. The number of hydrogen-bond acceptors (Lipinski definition) is 5. The van der Waals surface area contributed by atoms with Crippen LogP contribution in [0.3, 0.4) is 0 Å². The van der Waals surface area contributed by atoms with E-state index in [4.69, 9.17) is 4.42 Å².